The summed E-state index contributed by atoms with van der Waals surface area (Å²) in [4.78, 5) is 0. The highest BCUT2D eigenvalue weighted by molar-refractivity contribution is 7.99. The maximum Gasteiger partial charge on any atom is 0.0143 e. The highest BCUT2D eigenvalue weighted by atomic mass is 32.2. The molecule has 0 fully saturated rings. The molecule has 1 aliphatic heterocycles. The average Bonchev–Trinajstić information content (AvgIpc) is 1.90. The smallest absolute Gasteiger partial charge is 0.0143 e. The van der Waals surface area contributed by atoms with Crippen molar-refractivity contribution < 1.29 is 0 Å². The van der Waals surface area contributed by atoms with Crippen molar-refractivity contribution in [1.29, 1.82) is 0 Å². The lowest BCUT2D eigenvalue weighted by molar-refractivity contribution is 1.05. The van der Waals surface area contributed by atoms with Gasteiger partial charge >= 0.3 is 0 Å². The predicted molar refractivity (Wildman–Crippen MR) is 40.3 cm³/mol. The molecule has 0 unspecified atom stereocenters. The van der Waals surface area contributed by atoms with E-state index in [4.69, 9.17) is 0 Å². The largest absolute Gasteiger partial charge is 0.157 e. The second kappa shape index (κ2) is 3.18. The maximum absolute atomic E-state index is 2.39. The molecule has 1 aliphatic rings. The van der Waals surface area contributed by atoms with Crippen molar-refractivity contribution in [2.45, 2.75) is 19.8 Å². The van der Waals surface area contributed by atoms with Crippen molar-refractivity contribution in [3.05, 3.63) is 11.6 Å². The van der Waals surface area contributed by atoms with Crippen LogP contribution in [-0.2, 0) is 0 Å². The van der Waals surface area contributed by atoms with E-state index in [1.807, 2.05) is 0 Å². The summed E-state index contributed by atoms with van der Waals surface area (Å²) in [7, 11) is 0. The monoisotopic (exact) mass is 128 g/mol. The molecule has 0 aliphatic carbocycles. The second-order valence-corrected chi connectivity index (χ2v) is 3.16. The van der Waals surface area contributed by atoms with Gasteiger partial charge in [-0.1, -0.05) is 18.6 Å². The Morgan fingerprint density at radius 3 is 3.00 bits per heavy atom. The Bertz CT molecular complexity index is 94.6. The fourth-order valence-electron chi connectivity index (χ4n) is 0.855. The fraction of sp³-hybridized carbons (Fsp3) is 0.714. The first-order chi connectivity index (χ1) is 3.93. The fourth-order valence-corrected chi connectivity index (χ4v) is 1.87. The van der Waals surface area contributed by atoms with Crippen molar-refractivity contribution in [2.75, 3.05) is 11.5 Å². The summed E-state index contributed by atoms with van der Waals surface area (Å²) in [6.07, 6.45) is 4.94. The summed E-state index contributed by atoms with van der Waals surface area (Å²) in [5.74, 6) is 2.62. The Hall–Kier alpha value is 0.0900. The van der Waals surface area contributed by atoms with Crippen LogP contribution in [0.2, 0.25) is 0 Å². The minimum Gasteiger partial charge on any atom is -0.157 e. The van der Waals surface area contributed by atoms with Gasteiger partial charge in [0.2, 0.25) is 0 Å². The lowest BCUT2D eigenvalue weighted by Crippen LogP contribution is -1.93. The second-order valence-electron chi connectivity index (χ2n) is 2.06. The zero-order chi connectivity index (χ0) is 5.82. The molecule has 0 radical (unpaired) electrons. The van der Waals surface area contributed by atoms with Gasteiger partial charge in [-0.05, 0) is 18.6 Å². The van der Waals surface area contributed by atoms with E-state index in [1.165, 1.54) is 24.3 Å². The van der Waals surface area contributed by atoms with Crippen LogP contribution in [0.3, 0.4) is 0 Å². The predicted octanol–water partition coefficient (Wildman–Crippen LogP) is 2.46. The van der Waals surface area contributed by atoms with Gasteiger partial charge in [-0.25, -0.2) is 0 Å². The number of thioether (sulfide) groups is 1. The van der Waals surface area contributed by atoms with Gasteiger partial charge in [0.25, 0.3) is 0 Å². The van der Waals surface area contributed by atoms with Crippen LogP contribution in [0.25, 0.3) is 0 Å². The summed E-state index contributed by atoms with van der Waals surface area (Å²) in [5.41, 5.74) is 1.64. The molecule has 0 nitrogen and oxygen atoms in total. The standard InChI is InChI=1S/C7H12S/c1-2-7-4-3-5-8-6-7/h4H,2-3,5-6H2,1H3. The Morgan fingerprint density at radius 2 is 2.62 bits per heavy atom. The quantitative estimate of drug-likeness (QED) is 0.489. The Balaban J connectivity index is 2.37. The molecule has 0 aromatic heterocycles. The third-order valence-corrected chi connectivity index (χ3v) is 2.54. The van der Waals surface area contributed by atoms with Gasteiger partial charge in [-0.15, -0.1) is 0 Å². The molecule has 0 saturated heterocycles. The molecule has 0 N–H and O–H groups in total. The molecule has 0 aromatic rings. The van der Waals surface area contributed by atoms with E-state index in [0.717, 1.165) is 0 Å². The summed E-state index contributed by atoms with van der Waals surface area (Å²) in [5, 5.41) is 0. The zero-order valence-corrected chi connectivity index (χ0v) is 6.13. The topological polar surface area (TPSA) is 0 Å². The van der Waals surface area contributed by atoms with Crippen LogP contribution < -0.4 is 0 Å². The van der Waals surface area contributed by atoms with Crippen molar-refractivity contribution in [3.8, 4) is 0 Å². The highest BCUT2D eigenvalue weighted by Gasteiger charge is 1.99. The molecule has 46 valence electrons. The van der Waals surface area contributed by atoms with Crippen LogP contribution in [0.1, 0.15) is 19.8 Å². The number of hydrogen-bond donors (Lipinski definition) is 0. The first-order valence-electron chi connectivity index (χ1n) is 3.19. The van der Waals surface area contributed by atoms with Crippen LogP contribution in [0.4, 0.5) is 0 Å². The van der Waals surface area contributed by atoms with Gasteiger partial charge in [-0.2, -0.15) is 11.8 Å². The Kier molecular flexibility index (Phi) is 2.47. The first-order valence-corrected chi connectivity index (χ1v) is 4.34. The summed E-state index contributed by atoms with van der Waals surface area (Å²) >= 11 is 2.06. The van der Waals surface area contributed by atoms with Crippen molar-refractivity contribution >= 4 is 11.8 Å². The molecule has 1 heteroatoms. The maximum atomic E-state index is 2.39. The third kappa shape index (κ3) is 1.55. The van der Waals surface area contributed by atoms with Crippen molar-refractivity contribution in [3.63, 3.8) is 0 Å². The van der Waals surface area contributed by atoms with Gasteiger partial charge in [0.05, 0.1) is 0 Å². The van der Waals surface area contributed by atoms with Gasteiger partial charge in [0.1, 0.15) is 0 Å². The number of allylic oxidation sites excluding steroid dienone is 1. The van der Waals surface area contributed by atoms with Gasteiger partial charge in [0, 0.05) is 5.75 Å². The lowest BCUT2D eigenvalue weighted by Gasteiger charge is -2.08. The van der Waals surface area contributed by atoms with Gasteiger partial charge < -0.3 is 0 Å². The zero-order valence-electron chi connectivity index (χ0n) is 5.31. The molecule has 0 spiro atoms. The van der Waals surface area contributed by atoms with Crippen molar-refractivity contribution in [2.24, 2.45) is 0 Å². The lowest BCUT2D eigenvalue weighted by atomic mass is 10.2. The van der Waals surface area contributed by atoms with Crippen LogP contribution in [0.15, 0.2) is 11.6 Å². The van der Waals surface area contributed by atoms with Gasteiger partial charge in [0.15, 0.2) is 0 Å². The van der Waals surface area contributed by atoms with E-state index in [2.05, 4.69) is 24.8 Å². The van der Waals surface area contributed by atoms with E-state index in [1.54, 1.807) is 5.57 Å². The molecule has 8 heavy (non-hydrogen) atoms. The SMILES string of the molecule is CCC1=CCCSC1. The normalized spacial score (nSPS) is 20.4. The minimum atomic E-state index is 1.26. The molecular weight excluding hydrogens is 116 g/mol. The Labute approximate surface area is 55.4 Å². The average molecular weight is 128 g/mol. The van der Waals surface area contributed by atoms with E-state index < -0.39 is 0 Å². The molecule has 1 rings (SSSR count). The molecule has 0 atom stereocenters. The van der Waals surface area contributed by atoms with Crippen LogP contribution in [-0.4, -0.2) is 11.5 Å². The number of rotatable bonds is 1. The highest BCUT2D eigenvalue weighted by Crippen LogP contribution is 2.18. The van der Waals surface area contributed by atoms with Crippen LogP contribution in [0, 0.1) is 0 Å². The van der Waals surface area contributed by atoms with E-state index >= 15 is 0 Å². The molecule has 0 amide bonds. The first kappa shape index (κ1) is 6.21. The molecular formula is C7H12S. The Morgan fingerprint density at radius 1 is 1.75 bits per heavy atom. The van der Waals surface area contributed by atoms with Crippen LogP contribution in [0.5, 0.6) is 0 Å². The summed E-state index contributed by atoms with van der Waals surface area (Å²) in [6, 6.07) is 0. The third-order valence-electron chi connectivity index (χ3n) is 1.44. The van der Waals surface area contributed by atoms with E-state index in [0.29, 0.717) is 0 Å². The summed E-state index contributed by atoms with van der Waals surface area (Å²) < 4.78 is 0. The van der Waals surface area contributed by atoms with Crippen molar-refractivity contribution in [1.82, 2.24) is 0 Å². The molecule has 0 aromatic carbocycles. The molecule has 0 bridgehead atoms. The van der Waals surface area contributed by atoms with E-state index in [-0.39, 0.29) is 0 Å². The van der Waals surface area contributed by atoms with E-state index in [9.17, 15) is 0 Å². The number of hydrogen-bond acceptors (Lipinski definition) is 1. The summed E-state index contributed by atoms with van der Waals surface area (Å²) in [6.45, 7) is 2.23. The minimum absolute atomic E-state index is 1.26. The van der Waals surface area contributed by atoms with Gasteiger partial charge in [-0.3, -0.25) is 0 Å². The molecule has 0 saturated carbocycles. The van der Waals surface area contributed by atoms with Crippen LogP contribution >= 0.6 is 11.8 Å². The molecule has 1 heterocycles.